The molecule has 1 atom stereocenters. The van der Waals surface area contributed by atoms with Crippen LogP contribution in [0.3, 0.4) is 0 Å². The molecule has 4 nitrogen and oxygen atoms in total. The quantitative estimate of drug-likeness (QED) is 0.927. The normalized spacial score (nSPS) is 19.6. The molecule has 1 fully saturated rings. The summed E-state index contributed by atoms with van der Waals surface area (Å²) < 4.78 is 2.01. The number of carbonyl (C=O) groups is 1. The second kappa shape index (κ2) is 5.29. The summed E-state index contributed by atoms with van der Waals surface area (Å²) in [5.74, 6) is 0.0297. The molecule has 4 heteroatoms. The second-order valence-electron chi connectivity index (χ2n) is 5.66. The number of nitrogens with one attached hydrogen (secondary N) is 1. The van der Waals surface area contributed by atoms with Crippen molar-refractivity contribution >= 4 is 16.8 Å². The van der Waals surface area contributed by atoms with Crippen LogP contribution in [0.5, 0.6) is 0 Å². The summed E-state index contributed by atoms with van der Waals surface area (Å²) in [6, 6.07) is 8.50. The maximum Gasteiger partial charge on any atom is 0.253 e. The average Bonchev–Trinajstić information content (AvgIpc) is 3.01. The number of hydrogen-bond donors (Lipinski definition) is 1. The molecule has 0 spiro atoms. The summed E-state index contributed by atoms with van der Waals surface area (Å²) in [4.78, 5) is 14.7. The molecule has 0 bridgehead atoms. The summed E-state index contributed by atoms with van der Waals surface area (Å²) in [6.07, 6.45) is 4.32. The molecule has 1 saturated heterocycles. The Labute approximate surface area is 119 Å². The SMILES string of the molecule is CN1CCCC1CNC(=O)c1cn(C)c2ccccc12. The van der Waals surface area contributed by atoms with Gasteiger partial charge >= 0.3 is 0 Å². The number of carbonyl (C=O) groups excluding carboxylic acids is 1. The highest BCUT2D eigenvalue weighted by atomic mass is 16.1. The van der Waals surface area contributed by atoms with Crippen LogP contribution in [0, 0.1) is 0 Å². The zero-order valence-corrected chi connectivity index (χ0v) is 12.1. The van der Waals surface area contributed by atoms with Gasteiger partial charge in [-0.25, -0.2) is 0 Å². The van der Waals surface area contributed by atoms with E-state index < -0.39 is 0 Å². The lowest BCUT2D eigenvalue weighted by molar-refractivity contribution is 0.0945. The van der Waals surface area contributed by atoms with Gasteiger partial charge in [-0.2, -0.15) is 0 Å². The smallest absolute Gasteiger partial charge is 0.253 e. The van der Waals surface area contributed by atoms with Crippen LogP contribution in [0.25, 0.3) is 10.9 Å². The molecule has 1 aromatic heterocycles. The van der Waals surface area contributed by atoms with Crippen LogP contribution < -0.4 is 5.32 Å². The zero-order valence-electron chi connectivity index (χ0n) is 12.1. The van der Waals surface area contributed by atoms with Crippen molar-refractivity contribution in [2.24, 2.45) is 7.05 Å². The highest BCUT2D eigenvalue weighted by Gasteiger charge is 2.22. The third-order valence-electron chi connectivity index (χ3n) is 4.31. The van der Waals surface area contributed by atoms with E-state index >= 15 is 0 Å². The number of aromatic nitrogens is 1. The van der Waals surface area contributed by atoms with Crippen LogP contribution in [0.15, 0.2) is 30.5 Å². The molecule has 0 aliphatic carbocycles. The number of nitrogens with zero attached hydrogens (tertiary/aromatic N) is 2. The van der Waals surface area contributed by atoms with Crippen LogP contribution in [0.4, 0.5) is 0 Å². The zero-order chi connectivity index (χ0) is 14.1. The molecule has 2 aromatic rings. The predicted molar refractivity (Wildman–Crippen MR) is 80.9 cm³/mol. The van der Waals surface area contributed by atoms with Gasteiger partial charge in [0.1, 0.15) is 0 Å². The van der Waals surface area contributed by atoms with Crippen molar-refractivity contribution in [2.75, 3.05) is 20.1 Å². The number of fused-ring (bicyclic) bond motifs is 1. The summed E-state index contributed by atoms with van der Waals surface area (Å²) in [5.41, 5.74) is 1.86. The maximum absolute atomic E-state index is 12.4. The Kier molecular flexibility index (Phi) is 3.49. The van der Waals surface area contributed by atoms with E-state index in [2.05, 4.69) is 17.3 Å². The molecule has 1 N–H and O–H groups in total. The summed E-state index contributed by atoms with van der Waals surface area (Å²) in [5, 5.41) is 4.10. The molecule has 20 heavy (non-hydrogen) atoms. The number of benzene rings is 1. The number of likely N-dealkylation sites (tertiary alicyclic amines) is 1. The van der Waals surface area contributed by atoms with Crippen LogP contribution in [0.1, 0.15) is 23.2 Å². The first kappa shape index (κ1) is 13.2. The first-order valence-electron chi connectivity index (χ1n) is 7.19. The first-order valence-corrected chi connectivity index (χ1v) is 7.19. The van der Waals surface area contributed by atoms with Gasteiger partial charge in [-0.1, -0.05) is 18.2 Å². The van der Waals surface area contributed by atoms with Gasteiger partial charge in [0.2, 0.25) is 0 Å². The molecule has 1 aromatic carbocycles. The van der Waals surface area contributed by atoms with Gasteiger partial charge in [0.25, 0.3) is 5.91 Å². The largest absolute Gasteiger partial charge is 0.350 e. The molecule has 1 unspecified atom stereocenters. The minimum absolute atomic E-state index is 0.0297. The van der Waals surface area contributed by atoms with Crippen molar-refractivity contribution in [2.45, 2.75) is 18.9 Å². The fraction of sp³-hybridized carbons (Fsp3) is 0.438. The van der Waals surface area contributed by atoms with Gasteiger partial charge in [-0.15, -0.1) is 0 Å². The van der Waals surface area contributed by atoms with Crippen molar-refractivity contribution < 1.29 is 4.79 Å². The average molecular weight is 271 g/mol. The fourth-order valence-corrected chi connectivity index (χ4v) is 3.07. The third kappa shape index (κ3) is 2.31. The lowest BCUT2D eigenvalue weighted by Gasteiger charge is -2.19. The standard InChI is InChI=1S/C16H21N3O/c1-18-9-5-6-12(18)10-17-16(20)14-11-19(2)15-8-4-3-7-13(14)15/h3-4,7-8,11-12H,5-6,9-10H2,1-2H3,(H,17,20). The van der Waals surface area contributed by atoms with E-state index in [4.69, 9.17) is 0 Å². The van der Waals surface area contributed by atoms with E-state index in [1.54, 1.807) is 0 Å². The van der Waals surface area contributed by atoms with Crippen LogP contribution in [-0.2, 0) is 7.05 Å². The van der Waals surface area contributed by atoms with Gasteiger partial charge in [0, 0.05) is 36.7 Å². The highest BCUT2D eigenvalue weighted by molar-refractivity contribution is 6.06. The number of para-hydroxylation sites is 1. The number of hydrogen-bond acceptors (Lipinski definition) is 2. The van der Waals surface area contributed by atoms with Gasteiger partial charge < -0.3 is 14.8 Å². The molecule has 106 valence electrons. The Hall–Kier alpha value is -1.81. The maximum atomic E-state index is 12.4. The van der Waals surface area contributed by atoms with E-state index in [-0.39, 0.29) is 5.91 Å². The van der Waals surface area contributed by atoms with E-state index in [0.29, 0.717) is 6.04 Å². The van der Waals surface area contributed by atoms with Crippen LogP contribution >= 0.6 is 0 Å². The molecule has 0 radical (unpaired) electrons. The molecule has 1 amide bonds. The predicted octanol–water partition coefficient (Wildman–Crippen LogP) is 2.00. The van der Waals surface area contributed by atoms with Crippen molar-refractivity contribution in [1.82, 2.24) is 14.8 Å². The molecule has 3 rings (SSSR count). The van der Waals surface area contributed by atoms with Crippen molar-refractivity contribution in [3.63, 3.8) is 0 Å². The van der Waals surface area contributed by atoms with Crippen molar-refractivity contribution in [3.05, 3.63) is 36.0 Å². The van der Waals surface area contributed by atoms with E-state index in [9.17, 15) is 4.79 Å². The van der Waals surface area contributed by atoms with Crippen molar-refractivity contribution in [1.29, 1.82) is 0 Å². The Morgan fingerprint density at radius 1 is 1.35 bits per heavy atom. The van der Waals surface area contributed by atoms with Gasteiger partial charge in [-0.3, -0.25) is 4.79 Å². The van der Waals surface area contributed by atoms with Gasteiger partial charge in [-0.05, 0) is 32.5 Å². The fourth-order valence-electron chi connectivity index (χ4n) is 3.07. The molecular weight excluding hydrogens is 250 g/mol. The number of rotatable bonds is 3. The second-order valence-corrected chi connectivity index (χ2v) is 5.66. The number of amides is 1. The summed E-state index contributed by atoms with van der Waals surface area (Å²) in [7, 11) is 4.10. The monoisotopic (exact) mass is 271 g/mol. The van der Waals surface area contributed by atoms with E-state index in [1.807, 2.05) is 42.1 Å². The highest BCUT2D eigenvalue weighted by Crippen LogP contribution is 2.20. The minimum atomic E-state index is 0.0297. The summed E-state index contributed by atoms with van der Waals surface area (Å²) >= 11 is 0. The Balaban J connectivity index is 1.76. The van der Waals surface area contributed by atoms with E-state index in [0.717, 1.165) is 29.6 Å². The topological polar surface area (TPSA) is 37.3 Å². The van der Waals surface area contributed by atoms with Gasteiger partial charge in [0.15, 0.2) is 0 Å². The molecule has 0 saturated carbocycles. The molecule has 2 heterocycles. The van der Waals surface area contributed by atoms with Crippen LogP contribution in [-0.4, -0.2) is 41.6 Å². The summed E-state index contributed by atoms with van der Waals surface area (Å²) in [6.45, 7) is 1.87. The van der Waals surface area contributed by atoms with Crippen molar-refractivity contribution in [3.8, 4) is 0 Å². The lowest BCUT2D eigenvalue weighted by atomic mass is 10.1. The van der Waals surface area contributed by atoms with E-state index in [1.165, 1.54) is 12.8 Å². The number of aryl methyl sites for hydroxylation is 1. The molecule has 1 aliphatic rings. The third-order valence-corrected chi connectivity index (χ3v) is 4.31. The molecule has 1 aliphatic heterocycles. The Bertz CT molecular complexity index is 632. The van der Waals surface area contributed by atoms with Crippen LogP contribution in [0.2, 0.25) is 0 Å². The lowest BCUT2D eigenvalue weighted by Crippen LogP contribution is -2.38. The Morgan fingerprint density at radius 2 is 2.15 bits per heavy atom. The Morgan fingerprint density at radius 3 is 2.90 bits per heavy atom. The number of likely N-dealkylation sites (N-methyl/N-ethyl adjacent to an activating group) is 1. The first-order chi connectivity index (χ1) is 9.66. The molecular formula is C16H21N3O. The minimum Gasteiger partial charge on any atom is -0.350 e. The van der Waals surface area contributed by atoms with Gasteiger partial charge in [0.05, 0.1) is 5.56 Å².